The van der Waals surface area contributed by atoms with Crippen LogP contribution in [0.3, 0.4) is 0 Å². The third-order valence-electron chi connectivity index (χ3n) is 4.79. The summed E-state index contributed by atoms with van der Waals surface area (Å²) in [4.78, 5) is 31.5. The van der Waals surface area contributed by atoms with Crippen molar-refractivity contribution in [3.63, 3.8) is 0 Å². The van der Waals surface area contributed by atoms with Gasteiger partial charge < -0.3 is 10.2 Å². The van der Waals surface area contributed by atoms with Crippen LogP contribution < -0.4 is 5.32 Å². The molecule has 3 rings (SSSR count). The van der Waals surface area contributed by atoms with Crippen molar-refractivity contribution in [1.82, 2.24) is 25.0 Å². The summed E-state index contributed by atoms with van der Waals surface area (Å²) in [7, 11) is 0. The Bertz CT molecular complexity index is 795. The van der Waals surface area contributed by atoms with E-state index in [0.717, 1.165) is 44.6 Å². The number of hydrogen-bond acceptors (Lipinski definition) is 4. The first-order chi connectivity index (χ1) is 13.1. The Labute approximate surface area is 159 Å². The second-order valence-electron chi connectivity index (χ2n) is 6.94. The van der Waals surface area contributed by atoms with Crippen LogP contribution in [0.4, 0.5) is 0 Å². The molecular weight excluding hydrogens is 342 g/mol. The number of carbonyl (C=O) groups is 2. The van der Waals surface area contributed by atoms with E-state index < -0.39 is 0 Å². The summed E-state index contributed by atoms with van der Waals surface area (Å²) >= 11 is 0. The maximum atomic E-state index is 12.8. The maximum Gasteiger partial charge on any atom is 0.253 e. The molecule has 2 heterocycles. The summed E-state index contributed by atoms with van der Waals surface area (Å²) < 4.78 is 1.84. The Morgan fingerprint density at radius 3 is 2.70 bits per heavy atom. The van der Waals surface area contributed by atoms with E-state index in [-0.39, 0.29) is 17.9 Å². The predicted octanol–water partition coefficient (Wildman–Crippen LogP) is 2.29. The van der Waals surface area contributed by atoms with E-state index >= 15 is 0 Å². The highest BCUT2D eigenvalue weighted by molar-refractivity contribution is 5.99. The van der Waals surface area contributed by atoms with E-state index in [0.29, 0.717) is 17.7 Å². The summed E-state index contributed by atoms with van der Waals surface area (Å²) in [5.41, 5.74) is 1.07. The monoisotopic (exact) mass is 369 g/mol. The molecule has 1 aromatic carbocycles. The largest absolute Gasteiger partial charge is 0.347 e. The van der Waals surface area contributed by atoms with E-state index in [1.54, 1.807) is 30.6 Å². The van der Waals surface area contributed by atoms with E-state index in [4.69, 9.17) is 0 Å². The molecule has 0 radical (unpaired) electrons. The Balaban J connectivity index is 1.67. The molecule has 1 aromatic heterocycles. The zero-order chi connectivity index (χ0) is 19.2. The maximum absolute atomic E-state index is 12.8. The lowest BCUT2D eigenvalue weighted by molar-refractivity contribution is 0.0755. The van der Waals surface area contributed by atoms with Gasteiger partial charge in [-0.05, 0) is 37.5 Å². The number of hydrogen-bond donors (Lipinski definition) is 1. The van der Waals surface area contributed by atoms with E-state index in [1.807, 2.05) is 9.58 Å². The lowest BCUT2D eigenvalue weighted by atomic mass is 10.1. The zero-order valence-electron chi connectivity index (χ0n) is 16.0. The molecule has 0 bridgehead atoms. The molecule has 27 heavy (non-hydrogen) atoms. The number of rotatable bonds is 7. The van der Waals surface area contributed by atoms with Crippen LogP contribution in [0.2, 0.25) is 0 Å². The van der Waals surface area contributed by atoms with Crippen molar-refractivity contribution in [1.29, 1.82) is 0 Å². The molecular formula is C20H27N5O2. The van der Waals surface area contributed by atoms with Crippen molar-refractivity contribution in [2.45, 2.75) is 52.1 Å². The van der Waals surface area contributed by atoms with E-state index in [1.165, 1.54) is 0 Å². The third kappa shape index (κ3) is 4.53. The fraction of sp³-hybridized carbons (Fsp3) is 0.500. The van der Waals surface area contributed by atoms with Crippen LogP contribution >= 0.6 is 0 Å². The SMILES string of the molecule is CCCN(CCC)C(=O)c1cccc(C(=O)NC2CCc3ncnn3C2)c1. The molecule has 0 fully saturated rings. The lowest BCUT2D eigenvalue weighted by Gasteiger charge is -2.24. The van der Waals surface area contributed by atoms with Gasteiger partial charge in [0.25, 0.3) is 11.8 Å². The number of aryl methyl sites for hydroxylation is 1. The molecule has 1 atom stereocenters. The smallest absolute Gasteiger partial charge is 0.253 e. The summed E-state index contributed by atoms with van der Waals surface area (Å²) in [5.74, 6) is 0.786. The minimum Gasteiger partial charge on any atom is -0.347 e. The molecule has 0 aliphatic carbocycles. The van der Waals surface area contributed by atoms with Crippen molar-refractivity contribution < 1.29 is 9.59 Å². The van der Waals surface area contributed by atoms with Crippen LogP contribution in [0, 0.1) is 0 Å². The molecule has 1 aliphatic heterocycles. The van der Waals surface area contributed by atoms with Crippen LogP contribution in [-0.2, 0) is 13.0 Å². The van der Waals surface area contributed by atoms with Crippen LogP contribution in [0.1, 0.15) is 59.7 Å². The minimum absolute atomic E-state index is 0.0155. The highest BCUT2D eigenvalue weighted by atomic mass is 16.2. The van der Waals surface area contributed by atoms with Gasteiger partial charge in [0.1, 0.15) is 12.2 Å². The van der Waals surface area contributed by atoms with Crippen LogP contribution in [-0.4, -0.2) is 50.6 Å². The average molecular weight is 369 g/mol. The van der Waals surface area contributed by atoms with Crippen molar-refractivity contribution in [2.75, 3.05) is 13.1 Å². The zero-order valence-corrected chi connectivity index (χ0v) is 16.0. The van der Waals surface area contributed by atoms with Gasteiger partial charge in [0.05, 0.1) is 6.54 Å². The van der Waals surface area contributed by atoms with Crippen LogP contribution in [0.5, 0.6) is 0 Å². The Morgan fingerprint density at radius 1 is 1.22 bits per heavy atom. The van der Waals surface area contributed by atoms with Gasteiger partial charge in [-0.25, -0.2) is 9.67 Å². The molecule has 7 nitrogen and oxygen atoms in total. The summed E-state index contributed by atoms with van der Waals surface area (Å²) in [6.45, 7) is 6.20. The normalized spacial score (nSPS) is 15.9. The van der Waals surface area contributed by atoms with Crippen LogP contribution in [0.15, 0.2) is 30.6 Å². The van der Waals surface area contributed by atoms with E-state index in [2.05, 4.69) is 29.2 Å². The second-order valence-corrected chi connectivity index (χ2v) is 6.94. The predicted molar refractivity (Wildman–Crippen MR) is 103 cm³/mol. The number of nitrogens with zero attached hydrogens (tertiary/aromatic N) is 4. The molecule has 0 saturated heterocycles. The van der Waals surface area contributed by atoms with Crippen molar-refractivity contribution in [2.24, 2.45) is 0 Å². The average Bonchev–Trinajstić information content (AvgIpc) is 3.15. The van der Waals surface area contributed by atoms with Crippen LogP contribution in [0.25, 0.3) is 0 Å². The molecule has 2 amide bonds. The molecule has 0 spiro atoms. The number of aromatic nitrogens is 3. The van der Waals surface area contributed by atoms with Gasteiger partial charge in [0.2, 0.25) is 0 Å². The third-order valence-corrected chi connectivity index (χ3v) is 4.79. The number of fused-ring (bicyclic) bond motifs is 1. The van der Waals surface area contributed by atoms with Crippen molar-refractivity contribution in [3.8, 4) is 0 Å². The first kappa shape index (κ1) is 19.1. The Morgan fingerprint density at radius 2 is 1.96 bits per heavy atom. The quantitative estimate of drug-likeness (QED) is 0.812. The highest BCUT2D eigenvalue weighted by Gasteiger charge is 2.22. The molecule has 2 aromatic rings. The van der Waals surface area contributed by atoms with Gasteiger partial charge in [-0.15, -0.1) is 0 Å². The Hall–Kier alpha value is -2.70. The molecule has 1 aliphatic rings. The summed E-state index contributed by atoms with van der Waals surface area (Å²) in [6, 6.07) is 7.01. The first-order valence-electron chi connectivity index (χ1n) is 9.69. The first-order valence-corrected chi connectivity index (χ1v) is 9.69. The summed E-state index contributed by atoms with van der Waals surface area (Å²) in [6.07, 6.45) is 5.01. The number of benzene rings is 1. The van der Waals surface area contributed by atoms with E-state index in [9.17, 15) is 9.59 Å². The number of nitrogens with one attached hydrogen (secondary N) is 1. The minimum atomic E-state index is -0.157. The van der Waals surface area contributed by atoms with Crippen molar-refractivity contribution in [3.05, 3.63) is 47.5 Å². The molecule has 1 N–H and O–H groups in total. The number of amides is 2. The lowest BCUT2D eigenvalue weighted by Crippen LogP contribution is -2.41. The molecule has 7 heteroatoms. The fourth-order valence-electron chi connectivity index (χ4n) is 3.45. The topological polar surface area (TPSA) is 80.1 Å². The van der Waals surface area contributed by atoms with Gasteiger partial charge in [-0.3, -0.25) is 9.59 Å². The van der Waals surface area contributed by atoms with Gasteiger partial charge in [0.15, 0.2) is 0 Å². The second kappa shape index (κ2) is 8.79. The van der Waals surface area contributed by atoms with Crippen molar-refractivity contribution >= 4 is 11.8 Å². The molecule has 144 valence electrons. The Kier molecular flexibility index (Phi) is 6.21. The molecule has 1 unspecified atom stereocenters. The number of carbonyl (C=O) groups excluding carboxylic acids is 2. The highest BCUT2D eigenvalue weighted by Crippen LogP contribution is 2.14. The summed E-state index contributed by atoms with van der Waals surface area (Å²) in [5, 5.41) is 7.24. The molecule has 0 saturated carbocycles. The van der Waals surface area contributed by atoms with Gasteiger partial charge in [-0.2, -0.15) is 5.10 Å². The van der Waals surface area contributed by atoms with Gasteiger partial charge >= 0.3 is 0 Å². The standard InChI is InChI=1S/C20H27N5O2/c1-3-10-24(11-4-2)20(27)16-7-5-6-15(12-16)19(26)23-17-8-9-18-21-14-22-25(18)13-17/h5-7,12,14,17H,3-4,8-11,13H2,1-2H3,(H,23,26). The van der Waals surface area contributed by atoms with Gasteiger partial charge in [-0.1, -0.05) is 19.9 Å². The van der Waals surface area contributed by atoms with Gasteiger partial charge in [0, 0.05) is 36.7 Å². The fourth-order valence-corrected chi connectivity index (χ4v) is 3.45.